The summed E-state index contributed by atoms with van der Waals surface area (Å²) in [5, 5.41) is 1.25. The number of amides is 1. The molecule has 0 aliphatic carbocycles. The van der Waals surface area contributed by atoms with Gasteiger partial charge in [0, 0.05) is 35.8 Å². The number of carbonyl (C=O) groups is 1. The minimum atomic E-state index is -0.0149. The van der Waals surface area contributed by atoms with Crippen LogP contribution in [0.25, 0.3) is 22.0 Å². The number of nitrogens with zero attached hydrogens (tertiary/aromatic N) is 1. The maximum atomic E-state index is 13.1. The largest absolute Gasteiger partial charge is 0.459 e. The van der Waals surface area contributed by atoms with Crippen molar-refractivity contribution in [3.05, 3.63) is 84.4 Å². The van der Waals surface area contributed by atoms with Gasteiger partial charge in [0.2, 0.25) is 0 Å². The summed E-state index contributed by atoms with van der Waals surface area (Å²) in [6, 6.07) is 22.4. The molecule has 0 unspecified atom stereocenters. The zero-order chi connectivity index (χ0) is 18.9. The molecule has 0 saturated carbocycles. The fourth-order valence-corrected chi connectivity index (χ4v) is 4.17. The van der Waals surface area contributed by atoms with Crippen molar-refractivity contribution in [2.45, 2.75) is 18.8 Å². The van der Waals surface area contributed by atoms with Gasteiger partial charge in [-0.1, -0.05) is 48.5 Å². The number of hydrogen-bond donors (Lipinski definition) is 1. The van der Waals surface area contributed by atoms with Crippen LogP contribution in [0.5, 0.6) is 0 Å². The van der Waals surface area contributed by atoms with Gasteiger partial charge in [0.25, 0.3) is 5.91 Å². The highest BCUT2D eigenvalue weighted by Crippen LogP contribution is 2.32. The molecule has 1 aliphatic rings. The zero-order valence-corrected chi connectivity index (χ0v) is 15.6. The van der Waals surface area contributed by atoms with Gasteiger partial charge in [-0.3, -0.25) is 4.79 Å². The number of aromatic amines is 1. The van der Waals surface area contributed by atoms with Crippen LogP contribution in [-0.2, 0) is 0 Å². The minimum absolute atomic E-state index is 0.0149. The van der Waals surface area contributed by atoms with Crippen molar-refractivity contribution in [2.75, 3.05) is 13.1 Å². The summed E-state index contributed by atoms with van der Waals surface area (Å²) >= 11 is 0. The third kappa shape index (κ3) is 3.01. The number of aromatic nitrogens is 1. The Balaban J connectivity index is 1.31. The second-order valence-electron chi connectivity index (χ2n) is 7.41. The van der Waals surface area contributed by atoms with E-state index in [0.717, 1.165) is 37.1 Å². The Bertz CT molecular complexity index is 1070. The Kier molecular flexibility index (Phi) is 4.24. The molecule has 4 nitrogen and oxygen atoms in total. The average Bonchev–Trinajstić information content (AvgIpc) is 3.41. The molecular weight excluding hydrogens is 348 g/mol. The molecule has 0 bridgehead atoms. The Morgan fingerprint density at radius 3 is 2.50 bits per heavy atom. The molecule has 0 spiro atoms. The van der Waals surface area contributed by atoms with Crippen molar-refractivity contribution < 1.29 is 9.21 Å². The van der Waals surface area contributed by atoms with Crippen molar-refractivity contribution in [3.8, 4) is 11.1 Å². The first-order valence-electron chi connectivity index (χ1n) is 9.79. The van der Waals surface area contributed by atoms with Gasteiger partial charge in [0.15, 0.2) is 5.76 Å². The third-order valence-electron chi connectivity index (χ3n) is 5.72. The highest BCUT2D eigenvalue weighted by Gasteiger charge is 2.28. The predicted octanol–water partition coefficient (Wildman–Crippen LogP) is 5.45. The molecule has 1 aliphatic heterocycles. The van der Waals surface area contributed by atoms with Gasteiger partial charge in [0.1, 0.15) is 0 Å². The summed E-state index contributed by atoms with van der Waals surface area (Å²) in [5.74, 6) is 0.885. The van der Waals surface area contributed by atoms with E-state index in [4.69, 9.17) is 4.42 Å². The van der Waals surface area contributed by atoms with E-state index in [1.807, 2.05) is 41.3 Å². The fraction of sp³-hybridized carbons (Fsp3) is 0.208. The first-order valence-corrected chi connectivity index (χ1v) is 9.79. The van der Waals surface area contributed by atoms with E-state index in [-0.39, 0.29) is 5.91 Å². The molecule has 3 heterocycles. The number of fused-ring (bicyclic) bond motifs is 1. The topological polar surface area (TPSA) is 49.2 Å². The molecule has 1 saturated heterocycles. The van der Waals surface area contributed by atoms with Crippen molar-refractivity contribution >= 4 is 16.8 Å². The molecule has 2 aromatic heterocycles. The van der Waals surface area contributed by atoms with E-state index in [9.17, 15) is 4.79 Å². The van der Waals surface area contributed by atoms with Crippen LogP contribution in [0.3, 0.4) is 0 Å². The highest BCUT2D eigenvalue weighted by atomic mass is 16.3. The second-order valence-corrected chi connectivity index (χ2v) is 7.41. The van der Waals surface area contributed by atoms with Gasteiger partial charge in [-0.2, -0.15) is 0 Å². The number of para-hydroxylation sites is 1. The number of nitrogens with one attached hydrogen (secondary N) is 1. The SMILES string of the molecule is O=C(c1occc1-c1ccccc1)N1CCC(c2cc3ccccc3[nH]2)CC1. The van der Waals surface area contributed by atoms with Crippen molar-refractivity contribution in [1.82, 2.24) is 9.88 Å². The molecule has 4 aromatic rings. The third-order valence-corrected chi connectivity index (χ3v) is 5.72. The predicted molar refractivity (Wildman–Crippen MR) is 110 cm³/mol. The van der Waals surface area contributed by atoms with Crippen molar-refractivity contribution in [2.24, 2.45) is 0 Å². The summed E-state index contributed by atoms with van der Waals surface area (Å²) in [7, 11) is 0. The lowest BCUT2D eigenvalue weighted by molar-refractivity contribution is 0.0681. The molecular formula is C24H22N2O2. The molecule has 1 amide bonds. The number of piperidine rings is 1. The zero-order valence-electron chi connectivity index (χ0n) is 15.6. The molecule has 1 N–H and O–H groups in total. The van der Waals surface area contributed by atoms with Gasteiger partial charge in [-0.15, -0.1) is 0 Å². The van der Waals surface area contributed by atoms with E-state index >= 15 is 0 Å². The fourth-order valence-electron chi connectivity index (χ4n) is 4.17. The average molecular weight is 370 g/mol. The first kappa shape index (κ1) is 16.9. The first-order chi connectivity index (χ1) is 13.8. The standard InChI is InChI=1S/C24H22N2O2/c27-24(23-20(12-15-28-23)17-6-2-1-3-7-17)26-13-10-18(11-14-26)22-16-19-8-4-5-9-21(19)25-22/h1-9,12,15-16,18,25H,10-11,13-14H2. The summed E-state index contributed by atoms with van der Waals surface area (Å²) in [4.78, 5) is 18.5. The summed E-state index contributed by atoms with van der Waals surface area (Å²) < 4.78 is 5.59. The van der Waals surface area contributed by atoms with Crippen molar-refractivity contribution in [3.63, 3.8) is 0 Å². The van der Waals surface area contributed by atoms with E-state index in [0.29, 0.717) is 11.7 Å². The molecule has 4 heteroatoms. The van der Waals surface area contributed by atoms with Gasteiger partial charge in [0.05, 0.1) is 6.26 Å². The molecule has 140 valence electrons. The van der Waals surface area contributed by atoms with Crippen LogP contribution >= 0.6 is 0 Å². The lowest BCUT2D eigenvalue weighted by atomic mass is 9.93. The Morgan fingerprint density at radius 2 is 1.71 bits per heavy atom. The summed E-state index contributed by atoms with van der Waals surface area (Å²) in [6.07, 6.45) is 3.52. The van der Waals surface area contributed by atoms with Crippen LogP contribution in [0.2, 0.25) is 0 Å². The maximum absolute atomic E-state index is 13.1. The minimum Gasteiger partial charge on any atom is -0.459 e. The van der Waals surface area contributed by atoms with E-state index in [2.05, 4.69) is 35.3 Å². The Morgan fingerprint density at radius 1 is 0.964 bits per heavy atom. The van der Waals surface area contributed by atoms with Crippen LogP contribution in [-0.4, -0.2) is 28.9 Å². The summed E-state index contributed by atoms with van der Waals surface area (Å²) in [5.41, 5.74) is 4.33. The van der Waals surface area contributed by atoms with Crippen LogP contribution in [0.4, 0.5) is 0 Å². The lowest BCUT2D eigenvalue weighted by Gasteiger charge is -2.31. The second kappa shape index (κ2) is 7.04. The van der Waals surface area contributed by atoms with E-state index in [1.54, 1.807) is 6.26 Å². The smallest absolute Gasteiger partial charge is 0.290 e. The number of hydrogen-bond acceptors (Lipinski definition) is 2. The molecule has 0 atom stereocenters. The number of furan rings is 1. The van der Waals surface area contributed by atoms with Crippen LogP contribution in [0.15, 0.2) is 77.4 Å². The number of rotatable bonds is 3. The van der Waals surface area contributed by atoms with Gasteiger partial charge >= 0.3 is 0 Å². The van der Waals surface area contributed by atoms with Crippen molar-refractivity contribution in [1.29, 1.82) is 0 Å². The molecule has 28 heavy (non-hydrogen) atoms. The Hall–Kier alpha value is -3.27. The van der Waals surface area contributed by atoms with Gasteiger partial charge in [-0.25, -0.2) is 0 Å². The molecule has 0 radical (unpaired) electrons. The van der Waals surface area contributed by atoms with E-state index < -0.39 is 0 Å². The van der Waals surface area contributed by atoms with Crippen LogP contribution < -0.4 is 0 Å². The monoisotopic (exact) mass is 370 g/mol. The highest BCUT2D eigenvalue weighted by molar-refractivity contribution is 5.98. The number of H-pyrrole nitrogens is 1. The molecule has 2 aromatic carbocycles. The quantitative estimate of drug-likeness (QED) is 0.521. The molecule has 1 fully saturated rings. The summed E-state index contributed by atoms with van der Waals surface area (Å²) in [6.45, 7) is 1.49. The van der Waals surface area contributed by atoms with Crippen LogP contribution in [0, 0.1) is 0 Å². The van der Waals surface area contributed by atoms with E-state index in [1.165, 1.54) is 16.6 Å². The number of carbonyl (C=O) groups excluding carboxylic acids is 1. The Labute approximate surface area is 163 Å². The molecule has 5 rings (SSSR count). The number of benzene rings is 2. The maximum Gasteiger partial charge on any atom is 0.290 e. The normalized spacial score (nSPS) is 15.2. The van der Waals surface area contributed by atoms with Gasteiger partial charge in [-0.05, 0) is 42.0 Å². The number of likely N-dealkylation sites (tertiary alicyclic amines) is 1. The lowest BCUT2D eigenvalue weighted by Crippen LogP contribution is -2.38. The van der Waals surface area contributed by atoms with Gasteiger partial charge < -0.3 is 14.3 Å². The van der Waals surface area contributed by atoms with Crippen LogP contribution in [0.1, 0.15) is 35.0 Å².